The Bertz CT molecular complexity index is 1230. The second-order valence-corrected chi connectivity index (χ2v) is 24.2. The number of hydrogen-bond donors (Lipinski definition) is 1. The van der Waals surface area contributed by atoms with Crippen molar-refractivity contribution >= 4 is 66.4 Å². The molecule has 3 nitrogen and oxygen atoms in total. The van der Waals surface area contributed by atoms with E-state index in [9.17, 15) is 8.78 Å². The Morgan fingerprint density at radius 2 is 1.00 bits per heavy atom. The third-order valence-electron chi connectivity index (χ3n) is 5.59. The maximum Gasteiger partial charge on any atom is 0.147 e. The molecule has 1 N–H and O–H groups in total. The number of benzene rings is 2. The van der Waals surface area contributed by atoms with Gasteiger partial charge >= 0.3 is 0 Å². The van der Waals surface area contributed by atoms with Gasteiger partial charge in [0.25, 0.3) is 0 Å². The summed E-state index contributed by atoms with van der Waals surface area (Å²) in [5.74, 6) is -0.737. The van der Waals surface area contributed by atoms with Crippen LogP contribution in [0, 0.1) is 39.3 Å². The van der Waals surface area contributed by atoms with Gasteiger partial charge in [-0.25, -0.2) is 18.7 Å². The Morgan fingerprint density at radius 3 is 1.34 bits per heavy atom. The van der Waals surface area contributed by atoms with Gasteiger partial charge < -0.3 is 5.11 Å². The maximum atomic E-state index is 13.4. The first-order valence-corrected chi connectivity index (χ1v) is 19.9. The first-order valence-electron chi connectivity index (χ1n) is 11.4. The molecular weight excluding hydrogens is 769 g/mol. The highest BCUT2D eigenvalue weighted by Gasteiger charge is 2.11. The summed E-state index contributed by atoms with van der Waals surface area (Å²) < 4.78 is 26.5. The van der Waals surface area contributed by atoms with Crippen LogP contribution in [0.5, 0.6) is 0 Å². The quantitative estimate of drug-likeness (QED) is 0.165. The van der Waals surface area contributed by atoms with Crippen molar-refractivity contribution in [3.05, 3.63) is 106 Å². The summed E-state index contributed by atoms with van der Waals surface area (Å²) in [5, 5.41) is 9.45. The zero-order valence-electron chi connectivity index (χ0n) is 21.2. The predicted octanol–water partition coefficient (Wildman–Crippen LogP) is 10.8. The molecule has 0 saturated carbocycles. The van der Waals surface area contributed by atoms with Crippen LogP contribution in [0.25, 0.3) is 22.5 Å². The molecule has 2 heterocycles. The standard InChI is InChI=1S/C14H13BrFN.C14H14FNO.Br3P/c1-9-4-3-5-10(2)14(9)12-7-6-11(16)13(8-15)17-12;1-9-4-3-5-10(2)14(9)12-7-6-11(15)13(8-17)16-12;1-4(2)3/h3-7H,8H2,1-2H3;3-7,17H,8H2,1-2H3;. The number of nitrogens with zero attached hydrogens (tertiary/aromatic N) is 2. The third-order valence-corrected chi connectivity index (χ3v) is 6.12. The summed E-state index contributed by atoms with van der Waals surface area (Å²) in [5.41, 5.74) is 8.66. The Labute approximate surface area is 256 Å². The molecule has 2 aromatic heterocycles. The molecular formula is C28H27Br4F2N2OP. The van der Waals surface area contributed by atoms with Crippen LogP contribution in [0.4, 0.5) is 8.78 Å². The molecule has 0 amide bonds. The smallest absolute Gasteiger partial charge is 0.147 e. The lowest BCUT2D eigenvalue weighted by atomic mass is 9.99. The van der Waals surface area contributed by atoms with Gasteiger partial charge in [-0.2, -0.15) is 0 Å². The molecule has 0 fully saturated rings. The van der Waals surface area contributed by atoms with E-state index in [0.29, 0.717) is 16.7 Å². The number of halogens is 6. The van der Waals surface area contributed by atoms with E-state index in [-0.39, 0.29) is 22.1 Å². The van der Waals surface area contributed by atoms with Gasteiger partial charge in [0, 0.05) is 16.5 Å². The molecule has 0 unspecified atom stereocenters. The van der Waals surface area contributed by atoms with Crippen molar-refractivity contribution in [3.8, 4) is 22.5 Å². The molecule has 0 aliphatic rings. The average Bonchev–Trinajstić information content (AvgIpc) is 2.86. The van der Waals surface area contributed by atoms with Crippen molar-refractivity contribution in [2.24, 2.45) is 0 Å². The van der Waals surface area contributed by atoms with Gasteiger partial charge in [0.05, 0.1) is 23.7 Å². The monoisotopic (exact) mass is 792 g/mol. The van der Waals surface area contributed by atoms with Crippen LogP contribution >= 0.6 is 66.4 Å². The van der Waals surface area contributed by atoms with Crippen molar-refractivity contribution in [1.82, 2.24) is 9.97 Å². The van der Waals surface area contributed by atoms with Crippen LogP contribution in [0.2, 0.25) is 0 Å². The Kier molecular flexibility index (Phi) is 14.2. The Hall–Kier alpha value is -1.09. The minimum absolute atomic E-state index is 0.0881. The van der Waals surface area contributed by atoms with Gasteiger partial charge in [-0.15, -0.1) is 0 Å². The molecule has 38 heavy (non-hydrogen) atoms. The molecule has 0 atom stereocenters. The van der Waals surface area contributed by atoms with Crippen LogP contribution in [0.3, 0.4) is 0 Å². The molecule has 0 radical (unpaired) electrons. The average molecular weight is 796 g/mol. The summed E-state index contributed by atoms with van der Waals surface area (Å²) in [6.45, 7) is 7.69. The largest absolute Gasteiger partial charge is 0.390 e. The zero-order valence-corrected chi connectivity index (χ0v) is 28.5. The maximum absolute atomic E-state index is 13.4. The summed E-state index contributed by atoms with van der Waals surface area (Å²) in [6, 6.07) is 18.3. The molecule has 4 rings (SSSR count). The topological polar surface area (TPSA) is 46.0 Å². The van der Waals surface area contributed by atoms with Crippen LogP contribution in [0.15, 0.2) is 60.7 Å². The van der Waals surface area contributed by atoms with E-state index in [2.05, 4.69) is 72.4 Å². The third kappa shape index (κ3) is 9.53. The summed E-state index contributed by atoms with van der Waals surface area (Å²) >= 11 is 12.8. The number of aliphatic hydroxyl groups is 1. The van der Waals surface area contributed by atoms with Gasteiger partial charge in [0.15, 0.2) is 0 Å². The molecule has 0 aliphatic heterocycles. The minimum atomic E-state index is -0.470. The molecule has 0 spiro atoms. The fraction of sp³-hybridized carbons (Fsp3) is 0.214. The zero-order chi connectivity index (χ0) is 28.4. The summed E-state index contributed by atoms with van der Waals surface area (Å²) in [4.78, 5) is 8.52. The van der Waals surface area contributed by atoms with Crippen molar-refractivity contribution in [1.29, 1.82) is 0 Å². The van der Waals surface area contributed by atoms with Gasteiger partial charge in [-0.3, -0.25) is 0 Å². The molecule has 2 aromatic carbocycles. The SMILES string of the molecule is BrP(Br)Br.Cc1cccc(C)c1-c1ccc(F)c(CBr)n1.Cc1cccc(C)c1-c1ccc(F)c(CO)n1. The molecule has 10 heteroatoms. The lowest BCUT2D eigenvalue weighted by Crippen LogP contribution is -1.98. The Balaban J connectivity index is 0.000000234. The number of aryl methyl sites for hydroxylation is 4. The van der Waals surface area contributed by atoms with E-state index in [1.807, 2.05) is 64.1 Å². The van der Waals surface area contributed by atoms with Gasteiger partial charge in [0.1, 0.15) is 21.4 Å². The van der Waals surface area contributed by atoms with E-state index >= 15 is 0 Å². The van der Waals surface area contributed by atoms with E-state index in [1.165, 1.54) is 12.1 Å². The van der Waals surface area contributed by atoms with E-state index < -0.39 is 5.82 Å². The second-order valence-electron chi connectivity index (χ2n) is 8.27. The highest BCUT2D eigenvalue weighted by molar-refractivity contribution is 9.93. The van der Waals surface area contributed by atoms with Crippen LogP contribution in [-0.2, 0) is 11.9 Å². The number of alkyl halides is 1. The van der Waals surface area contributed by atoms with Crippen molar-refractivity contribution in [3.63, 3.8) is 0 Å². The van der Waals surface area contributed by atoms with Crippen molar-refractivity contribution in [2.75, 3.05) is 0 Å². The highest BCUT2D eigenvalue weighted by Crippen LogP contribution is 2.59. The van der Waals surface area contributed by atoms with Crippen molar-refractivity contribution in [2.45, 2.75) is 39.6 Å². The first-order chi connectivity index (χ1) is 18.0. The normalized spacial score (nSPS) is 10.4. The summed E-state index contributed by atoms with van der Waals surface area (Å²) in [6.07, 6.45) is 0. The fourth-order valence-corrected chi connectivity index (χ4v) is 4.28. The van der Waals surface area contributed by atoms with E-state index in [1.54, 1.807) is 12.1 Å². The Morgan fingerprint density at radius 1 is 0.658 bits per heavy atom. The van der Waals surface area contributed by atoms with Gasteiger partial charge in [-0.1, -0.05) is 52.3 Å². The number of aromatic nitrogens is 2. The molecule has 0 bridgehead atoms. The van der Waals surface area contributed by atoms with Gasteiger partial charge in [0.2, 0.25) is 0 Å². The number of aliphatic hydroxyl groups excluding tert-OH is 1. The van der Waals surface area contributed by atoms with E-state index in [4.69, 9.17) is 5.11 Å². The molecule has 4 aromatic rings. The van der Waals surface area contributed by atoms with Crippen LogP contribution in [0.1, 0.15) is 33.6 Å². The molecule has 0 aliphatic carbocycles. The summed E-state index contributed by atoms with van der Waals surface area (Å²) in [7, 11) is 0. The fourth-order valence-electron chi connectivity index (χ4n) is 3.89. The lowest BCUT2D eigenvalue weighted by Gasteiger charge is -2.10. The highest BCUT2D eigenvalue weighted by atomic mass is 80.0. The second kappa shape index (κ2) is 16.2. The predicted molar refractivity (Wildman–Crippen MR) is 170 cm³/mol. The molecule has 0 saturated heterocycles. The number of hydrogen-bond acceptors (Lipinski definition) is 3. The number of rotatable bonds is 4. The molecule has 202 valence electrons. The lowest BCUT2D eigenvalue weighted by molar-refractivity contribution is 0.270. The minimum Gasteiger partial charge on any atom is -0.390 e. The number of pyridine rings is 2. The van der Waals surface area contributed by atoms with E-state index in [0.717, 1.165) is 39.1 Å². The van der Waals surface area contributed by atoms with Crippen LogP contribution in [-0.4, -0.2) is 15.1 Å². The van der Waals surface area contributed by atoms with Gasteiger partial charge in [-0.05, 0) is 121 Å². The first kappa shape index (κ1) is 33.1. The van der Waals surface area contributed by atoms with Crippen LogP contribution < -0.4 is 0 Å². The van der Waals surface area contributed by atoms with Crippen molar-refractivity contribution < 1.29 is 13.9 Å².